The van der Waals surface area contributed by atoms with E-state index in [0.29, 0.717) is 17.2 Å². The van der Waals surface area contributed by atoms with Gasteiger partial charge in [0.25, 0.3) is 0 Å². The molecule has 0 radical (unpaired) electrons. The van der Waals surface area contributed by atoms with Crippen LogP contribution in [0.25, 0.3) is 22.5 Å². The van der Waals surface area contributed by atoms with E-state index in [1.165, 1.54) is 0 Å². The highest BCUT2D eigenvalue weighted by Crippen LogP contribution is 2.32. The summed E-state index contributed by atoms with van der Waals surface area (Å²) >= 11 is 3.43. The topological polar surface area (TPSA) is 65.5 Å². The number of furan rings is 1. The van der Waals surface area contributed by atoms with E-state index < -0.39 is 5.97 Å². The first-order valence-electron chi connectivity index (χ1n) is 7.98. The second-order valence-corrected chi connectivity index (χ2v) is 6.68. The Morgan fingerprint density at radius 2 is 1.92 bits per heavy atom. The van der Waals surface area contributed by atoms with Gasteiger partial charge in [-0.25, -0.2) is 9.78 Å². The van der Waals surface area contributed by atoms with Crippen LogP contribution >= 0.6 is 15.9 Å². The van der Waals surface area contributed by atoms with E-state index in [-0.39, 0.29) is 18.1 Å². The summed E-state index contributed by atoms with van der Waals surface area (Å²) < 4.78 is 17.7. The van der Waals surface area contributed by atoms with Crippen LogP contribution in [0.1, 0.15) is 21.9 Å². The molecule has 0 aliphatic rings. The fraction of sp³-hybridized carbons (Fsp3) is 0.100. The molecule has 0 aliphatic carbocycles. The van der Waals surface area contributed by atoms with E-state index in [2.05, 4.69) is 20.9 Å². The lowest BCUT2D eigenvalue weighted by Crippen LogP contribution is -2.07. The molecule has 0 amide bonds. The number of carbonyl (C=O) groups is 1. The van der Waals surface area contributed by atoms with Crippen LogP contribution in [-0.4, -0.2) is 11.0 Å². The Morgan fingerprint density at radius 1 is 1.12 bits per heavy atom. The van der Waals surface area contributed by atoms with Crippen molar-refractivity contribution in [2.45, 2.75) is 13.5 Å². The van der Waals surface area contributed by atoms with Gasteiger partial charge in [-0.15, -0.1) is 0 Å². The van der Waals surface area contributed by atoms with Crippen LogP contribution in [0.5, 0.6) is 0 Å². The first-order valence-corrected chi connectivity index (χ1v) is 8.77. The molecule has 4 aromatic rings. The molecular weight excluding hydrogens is 398 g/mol. The minimum Gasteiger partial charge on any atom is -0.456 e. The lowest BCUT2D eigenvalue weighted by atomic mass is 10.2. The van der Waals surface area contributed by atoms with E-state index in [4.69, 9.17) is 13.6 Å². The molecule has 0 saturated heterocycles. The van der Waals surface area contributed by atoms with Crippen LogP contribution in [0.2, 0.25) is 0 Å². The highest BCUT2D eigenvalue weighted by Gasteiger charge is 2.24. The fourth-order valence-electron chi connectivity index (χ4n) is 2.65. The largest absolute Gasteiger partial charge is 0.456 e. The Morgan fingerprint density at radius 3 is 2.73 bits per heavy atom. The standard InChI is InChI=1S/C20H14BrNO4/c1-12-22-18(20(23)24-11-13-5-3-2-4-6-13)19(25-12)17-10-14-9-15(21)7-8-16(14)26-17/h2-10H,11H2,1H3. The summed E-state index contributed by atoms with van der Waals surface area (Å²) in [7, 11) is 0. The van der Waals surface area contributed by atoms with Gasteiger partial charge in [0.15, 0.2) is 17.3 Å². The number of hydrogen-bond acceptors (Lipinski definition) is 5. The third-order valence-electron chi connectivity index (χ3n) is 3.84. The molecule has 0 saturated carbocycles. The van der Waals surface area contributed by atoms with Crippen LogP contribution in [0.4, 0.5) is 0 Å². The van der Waals surface area contributed by atoms with Crippen molar-refractivity contribution in [3.05, 3.63) is 76.2 Å². The van der Waals surface area contributed by atoms with Crippen molar-refractivity contribution >= 4 is 32.9 Å². The third-order valence-corrected chi connectivity index (χ3v) is 4.34. The number of esters is 1. The normalized spacial score (nSPS) is 11.0. The maximum absolute atomic E-state index is 12.5. The summed E-state index contributed by atoms with van der Waals surface area (Å²) in [6, 6.07) is 16.9. The van der Waals surface area contributed by atoms with Crippen LogP contribution in [0.15, 0.2) is 67.9 Å². The maximum Gasteiger partial charge on any atom is 0.361 e. The number of aromatic nitrogens is 1. The zero-order valence-corrected chi connectivity index (χ0v) is 15.4. The van der Waals surface area contributed by atoms with Gasteiger partial charge in [0.05, 0.1) is 0 Å². The number of aryl methyl sites for hydroxylation is 1. The molecule has 0 spiro atoms. The van der Waals surface area contributed by atoms with Gasteiger partial charge >= 0.3 is 5.97 Å². The highest BCUT2D eigenvalue weighted by atomic mass is 79.9. The van der Waals surface area contributed by atoms with Gasteiger partial charge in [-0.2, -0.15) is 0 Å². The van der Waals surface area contributed by atoms with Crippen LogP contribution in [-0.2, 0) is 11.3 Å². The molecule has 5 nitrogen and oxygen atoms in total. The lowest BCUT2D eigenvalue weighted by molar-refractivity contribution is 0.0466. The molecule has 0 unspecified atom stereocenters. The smallest absolute Gasteiger partial charge is 0.361 e. The molecule has 2 heterocycles. The summed E-state index contributed by atoms with van der Waals surface area (Å²) in [5.41, 5.74) is 1.70. The number of oxazole rings is 1. The molecule has 0 aliphatic heterocycles. The van der Waals surface area contributed by atoms with E-state index in [0.717, 1.165) is 15.4 Å². The Bertz CT molecular complexity index is 1080. The highest BCUT2D eigenvalue weighted by molar-refractivity contribution is 9.10. The molecule has 4 rings (SSSR count). The predicted molar refractivity (Wildman–Crippen MR) is 99.7 cm³/mol. The number of carbonyl (C=O) groups excluding carboxylic acids is 1. The van der Waals surface area contributed by atoms with Gasteiger partial charge in [-0.05, 0) is 29.8 Å². The Kier molecular flexibility index (Phi) is 4.34. The number of hydrogen-bond donors (Lipinski definition) is 0. The molecule has 0 bridgehead atoms. The van der Waals surface area contributed by atoms with Crippen molar-refractivity contribution in [3.63, 3.8) is 0 Å². The molecule has 2 aromatic carbocycles. The van der Waals surface area contributed by atoms with Gasteiger partial charge < -0.3 is 13.6 Å². The molecular formula is C20H14BrNO4. The Labute approximate surface area is 157 Å². The number of benzene rings is 2. The number of rotatable bonds is 4. The molecule has 130 valence electrons. The predicted octanol–water partition coefficient (Wildman–Crippen LogP) is 5.52. The van der Waals surface area contributed by atoms with Gasteiger partial charge in [-0.1, -0.05) is 46.3 Å². The zero-order valence-electron chi connectivity index (χ0n) is 13.9. The minimum atomic E-state index is -0.553. The summed E-state index contributed by atoms with van der Waals surface area (Å²) in [6.07, 6.45) is 0. The van der Waals surface area contributed by atoms with E-state index in [1.807, 2.05) is 54.6 Å². The number of halogens is 1. The van der Waals surface area contributed by atoms with Gasteiger partial charge in [0, 0.05) is 16.8 Å². The molecule has 2 aromatic heterocycles. The van der Waals surface area contributed by atoms with Crippen molar-refractivity contribution in [2.75, 3.05) is 0 Å². The molecule has 0 fully saturated rings. The first-order chi connectivity index (χ1) is 12.6. The van der Waals surface area contributed by atoms with Crippen molar-refractivity contribution in [1.82, 2.24) is 4.98 Å². The van der Waals surface area contributed by atoms with Crippen LogP contribution in [0.3, 0.4) is 0 Å². The summed E-state index contributed by atoms with van der Waals surface area (Å²) in [6.45, 7) is 1.84. The number of fused-ring (bicyclic) bond motifs is 1. The number of nitrogens with zero attached hydrogens (tertiary/aromatic N) is 1. The van der Waals surface area contributed by atoms with Crippen molar-refractivity contribution in [2.24, 2.45) is 0 Å². The summed E-state index contributed by atoms with van der Waals surface area (Å²) in [5.74, 6) is 0.522. The van der Waals surface area contributed by atoms with Crippen molar-refractivity contribution in [3.8, 4) is 11.5 Å². The maximum atomic E-state index is 12.5. The second-order valence-electron chi connectivity index (χ2n) is 5.77. The third kappa shape index (κ3) is 3.28. The zero-order chi connectivity index (χ0) is 18.1. The first kappa shape index (κ1) is 16.6. The quantitative estimate of drug-likeness (QED) is 0.413. The van der Waals surface area contributed by atoms with Crippen molar-refractivity contribution < 1.29 is 18.4 Å². The van der Waals surface area contributed by atoms with E-state index >= 15 is 0 Å². The molecule has 0 atom stereocenters. The average molecular weight is 412 g/mol. The molecule has 26 heavy (non-hydrogen) atoms. The SMILES string of the molecule is Cc1nc(C(=O)OCc2ccccc2)c(-c2cc3cc(Br)ccc3o2)o1. The molecule has 6 heteroatoms. The monoisotopic (exact) mass is 411 g/mol. The van der Waals surface area contributed by atoms with Gasteiger partial charge in [0.1, 0.15) is 12.2 Å². The van der Waals surface area contributed by atoms with E-state index in [1.54, 1.807) is 6.92 Å². The van der Waals surface area contributed by atoms with Gasteiger partial charge in [0.2, 0.25) is 5.76 Å². The summed E-state index contributed by atoms with van der Waals surface area (Å²) in [4.78, 5) is 16.7. The Balaban J connectivity index is 1.64. The van der Waals surface area contributed by atoms with Crippen LogP contribution in [0, 0.1) is 6.92 Å². The fourth-order valence-corrected chi connectivity index (χ4v) is 3.03. The van der Waals surface area contributed by atoms with Crippen molar-refractivity contribution in [1.29, 1.82) is 0 Å². The van der Waals surface area contributed by atoms with E-state index in [9.17, 15) is 4.79 Å². The number of ether oxygens (including phenoxy) is 1. The minimum absolute atomic E-state index is 0.108. The lowest BCUT2D eigenvalue weighted by Gasteiger charge is -2.03. The van der Waals surface area contributed by atoms with Crippen LogP contribution < -0.4 is 0 Å². The summed E-state index contributed by atoms with van der Waals surface area (Å²) in [5, 5.41) is 0.895. The average Bonchev–Trinajstić information content (AvgIpc) is 3.23. The van der Waals surface area contributed by atoms with Gasteiger partial charge in [-0.3, -0.25) is 0 Å². The second kappa shape index (κ2) is 6.80. The Hall–Kier alpha value is -2.86. The molecule has 0 N–H and O–H groups in total.